The summed E-state index contributed by atoms with van der Waals surface area (Å²) in [5.74, 6) is -0.790. The summed E-state index contributed by atoms with van der Waals surface area (Å²) in [5, 5.41) is 8.47. The van der Waals surface area contributed by atoms with Gasteiger partial charge in [-0.3, -0.25) is 9.59 Å². The second-order valence-corrected chi connectivity index (χ2v) is 7.66. The molecule has 2 aromatic carbocycles. The van der Waals surface area contributed by atoms with Crippen molar-refractivity contribution < 1.29 is 22.7 Å². The number of para-hydroxylation sites is 1. The summed E-state index contributed by atoms with van der Waals surface area (Å²) in [7, 11) is 0. The number of halogens is 3. The maximum absolute atomic E-state index is 12.7. The average Bonchev–Trinajstić information content (AvgIpc) is 3.21. The first-order valence-corrected chi connectivity index (χ1v) is 10.3. The van der Waals surface area contributed by atoms with Crippen molar-refractivity contribution >= 4 is 39.5 Å². The van der Waals surface area contributed by atoms with E-state index in [-0.39, 0.29) is 11.3 Å². The lowest BCUT2D eigenvalue weighted by atomic mass is 10.1. The van der Waals surface area contributed by atoms with E-state index in [0.717, 1.165) is 28.6 Å². The highest BCUT2D eigenvalue weighted by Gasteiger charge is 2.31. The van der Waals surface area contributed by atoms with Crippen molar-refractivity contribution in [3.63, 3.8) is 0 Å². The van der Waals surface area contributed by atoms with Gasteiger partial charge in [-0.15, -0.1) is 24.5 Å². The van der Waals surface area contributed by atoms with Crippen molar-refractivity contribution in [2.45, 2.75) is 12.9 Å². The van der Waals surface area contributed by atoms with Gasteiger partial charge in [0.25, 0.3) is 5.91 Å². The Labute approximate surface area is 183 Å². The van der Waals surface area contributed by atoms with Gasteiger partial charge in [-0.2, -0.15) is 0 Å². The first-order valence-electron chi connectivity index (χ1n) is 9.38. The standard InChI is InChI=1S/C22H16F3N3O3S/c23-22(24,25)31-15-7-5-14(6-8-15)27-21(30)20-18(9-10-32-20)26-12-13-11-19(29)28-17-4-2-1-3-16(13)17/h1-11,26H,12H2,(H,27,30)(H,28,29). The second-order valence-electron chi connectivity index (χ2n) is 6.75. The fraction of sp³-hybridized carbons (Fsp3) is 0.0909. The molecule has 0 atom stereocenters. The Morgan fingerprint density at radius 2 is 1.81 bits per heavy atom. The van der Waals surface area contributed by atoms with E-state index in [1.54, 1.807) is 11.4 Å². The highest BCUT2D eigenvalue weighted by Crippen LogP contribution is 2.27. The number of anilines is 2. The van der Waals surface area contributed by atoms with Gasteiger partial charge in [0.15, 0.2) is 0 Å². The van der Waals surface area contributed by atoms with E-state index in [1.807, 2.05) is 24.3 Å². The number of fused-ring (bicyclic) bond motifs is 1. The lowest BCUT2D eigenvalue weighted by Crippen LogP contribution is -2.17. The van der Waals surface area contributed by atoms with Crippen molar-refractivity contribution in [3.05, 3.63) is 86.8 Å². The third-order valence-electron chi connectivity index (χ3n) is 4.52. The molecule has 0 bridgehead atoms. The van der Waals surface area contributed by atoms with Gasteiger partial charge in [0.2, 0.25) is 5.56 Å². The monoisotopic (exact) mass is 459 g/mol. The number of carbonyl (C=O) groups excluding carboxylic acids is 1. The first kappa shape index (κ1) is 21.4. The van der Waals surface area contributed by atoms with Crippen molar-refractivity contribution in [1.82, 2.24) is 4.98 Å². The predicted octanol–water partition coefficient (Wildman–Crippen LogP) is 5.35. The number of nitrogens with one attached hydrogen (secondary N) is 3. The van der Waals surface area contributed by atoms with Gasteiger partial charge < -0.3 is 20.4 Å². The second kappa shape index (κ2) is 8.75. The molecule has 0 aliphatic carbocycles. The fourth-order valence-electron chi connectivity index (χ4n) is 3.17. The molecule has 0 aliphatic rings. The molecular formula is C22H16F3N3O3S. The Kier molecular flexibility index (Phi) is 5.87. The molecule has 0 fully saturated rings. The van der Waals surface area contributed by atoms with E-state index >= 15 is 0 Å². The highest BCUT2D eigenvalue weighted by atomic mass is 32.1. The van der Waals surface area contributed by atoms with Gasteiger partial charge in [-0.25, -0.2) is 0 Å². The van der Waals surface area contributed by atoms with E-state index in [2.05, 4.69) is 20.4 Å². The number of amides is 1. The lowest BCUT2D eigenvalue weighted by Gasteiger charge is -2.11. The maximum Gasteiger partial charge on any atom is 0.573 e. The number of rotatable bonds is 6. The number of alkyl halides is 3. The number of ether oxygens (including phenoxy) is 1. The molecule has 2 aromatic heterocycles. The molecule has 4 aromatic rings. The Morgan fingerprint density at radius 3 is 2.56 bits per heavy atom. The summed E-state index contributed by atoms with van der Waals surface area (Å²) in [6.45, 7) is 0.324. The number of thiophene rings is 1. The normalized spacial score (nSPS) is 11.3. The Morgan fingerprint density at radius 1 is 1.06 bits per heavy atom. The minimum atomic E-state index is -4.78. The number of aromatic nitrogens is 1. The van der Waals surface area contributed by atoms with Crippen LogP contribution in [0.2, 0.25) is 0 Å². The summed E-state index contributed by atoms with van der Waals surface area (Å²) < 4.78 is 40.6. The average molecular weight is 459 g/mol. The van der Waals surface area contributed by atoms with E-state index in [0.29, 0.717) is 22.8 Å². The zero-order chi connectivity index (χ0) is 22.7. The van der Waals surface area contributed by atoms with Crippen LogP contribution in [0.5, 0.6) is 5.75 Å². The maximum atomic E-state index is 12.7. The van der Waals surface area contributed by atoms with Crippen LogP contribution >= 0.6 is 11.3 Å². The van der Waals surface area contributed by atoms with Gasteiger partial charge in [0, 0.05) is 29.2 Å². The van der Waals surface area contributed by atoms with Crippen molar-refractivity contribution in [2.24, 2.45) is 0 Å². The molecule has 0 spiro atoms. The van der Waals surface area contributed by atoms with Crippen molar-refractivity contribution in [1.29, 1.82) is 0 Å². The molecule has 0 saturated heterocycles. The smallest absolute Gasteiger partial charge is 0.406 e. The first-order chi connectivity index (χ1) is 15.3. The van der Waals surface area contributed by atoms with Gasteiger partial charge in [0.1, 0.15) is 10.6 Å². The van der Waals surface area contributed by atoms with Crippen LogP contribution in [0.25, 0.3) is 10.9 Å². The quantitative estimate of drug-likeness (QED) is 0.363. The fourth-order valence-corrected chi connectivity index (χ4v) is 3.93. The Balaban J connectivity index is 1.46. The van der Waals surface area contributed by atoms with Crippen LogP contribution in [0.3, 0.4) is 0 Å². The molecule has 0 unspecified atom stereocenters. The van der Waals surface area contributed by atoms with Gasteiger partial charge in [-0.05, 0) is 47.3 Å². The summed E-state index contributed by atoms with van der Waals surface area (Å²) in [6, 6.07) is 15.6. The van der Waals surface area contributed by atoms with Gasteiger partial charge in [-0.1, -0.05) is 18.2 Å². The third kappa shape index (κ3) is 5.09. The van der Waals surface area contributed by atoms with Crippen LogP contribution in [-0.2, 0) is 6.54 Å². The predicted molar refractivity (Wildman–Crippen MR) is 117 cm³/mol. The summed E-state index contributed by atoms with van der Waals surface area (Å²) in [6.07, 6.45) is -4.78. The van der Waals surface area contributed by atoms with Crippen molar-refractivity contribution in [2.75, 3.05) is 10.6 Å². The number of benzene rings is 2. The minimum Gasteiger partial charge on any atom is -0.406 e. The van der Waals surface area contributed by atoms with Crippen LogP contribution in [0.1, 0.15) is 15.2 Å². The van der Waals surface area contributed by atoms with Gasteiger partial charge in [0.05, 0.1) is 5.69 Å². The van der Waals surface area contributed by atoms with Crippen LogP contribution < -0.4 is 20.9 Å². The van der Waals surface area contributed by atoms with Crippen LogP contribution in [-0.4, -0.2) is 17.3 Å². The number of H-pyrrole nitrogens is 1. The SMILES string of the molecule is O=C(Nc1ccc(OC(F)(F)F)cc1)c1sccc1NCc1cc(=O)[nH]c2ccccc12. The molecule has 2 heterocycles. The van der Waals surface area contributed by atoms with E-state index in [1.165, 1.54) is 29.5 Å². The van der Waals surface area contributed by atoms with Crippen LogP contribution in [0, 0.1) is 0 Å². The topological polar surface area (TPSA) is 83.2 Å². The molecule has 32 heavy (non-hydrogen) atoms. The van der Waals surface area contributed by atoms with Crippen LogP contribution in [0.4, 0.5) is 24.5 Å². The molecule has 1 amide bonds. The Bertz CT molecular complexity index is 1310. The third-order valence-corrected chi connectivity index (χ3v) is 5.44. The zero-order valence-corrected chi connectivity index (χ0v) is 17.1. The van der Waals surface area contributed by atoms with Crippen LogP contribution in [0.15, 0.2) is 70.8 Å². The summed E-state index contributed by atoms with van der Waals surface area (Å²) in [5.41, 5.74) is 2.18. The molecule has 4 rings (SSSR count). The number of hydrogen-bond donors (Lipinski definition) is 3. The largest absolute Gasteiger partial charge is 0.573 e. The zero-order valence-electron chi connectivity index (χ0n) is 16.3. The summed E-state index contributed by atoms with van der Waals surface area (Å²) >= 11 is 1.21. The lowest BCUT2D eigenvalue weighted by molar-refractivity contribution is -0.274. The number of hydrogen-bond acceptors (Lipinski definition) is 5. The van der Waals surface area contributed by atoms with E-state index in [4.69, 9.17) is 0 Å². The molecule has 0 aliphatic heterocycles. The molecule has 164 valence electrons. The molecule has 0 saturated carbocycles. The molecular weight excluding hydrogens is 443 g/mol. The van der Waals surface area contributed by atoms with E-state index in [9.17, 15) is 22.8 Å². The molecule has 0 radical (unpaired) electrons. The van der Waals surface area contributed by atoms with Crippen molar-refractivity contribution in [3.8, 4) is 5.75 Å². The van der Waals surface area contributed by atoms with Gasteiger partial charge >= 0.3 is 6.36 Å². The summed E-state index contributed by atoms with van der Waals surface area (Å²) in [4.78, 5) is 27.8. The highest BCUT2D eigenvalue weighted by molar-refractivity contribution is 7.12. The number of aromatic amines is 1. The van der Waals surface area contributed by atoms with E-state index < -0.39 is 12.3 Å². The minimum absolute atomic E-state index is 0.221. The molecule has 3 N–H and O–H groups in total. The molecule has 6 nitrogen and oxygen atoms in total. The Hall–Kier alpha value is -3.79. The molecule has 10 heteroatoms. The number of carbonyl (C=O) groups is 1. The number of pyridine rings is 1.